The third kappa shape index (κ3) is 3.26. The molecule has 0 aliphatic carbocycles. The van der Waals surface area contributed by atoms with E-state index in [4.69, 9.17) is 19.3 Å². The summed E-state index contributed by atoms with van der Waals surface area (Å²) in [6.45, 7) is 0. The van der Waals surface area contributed by atoms with E-state index in [0.29, 0.717) is 23.5 Å². The topological polar surface area (TPSA) is 43.3 Å². The lowest BCUT2D eigenvalue weighted by molar-refractivity contribution is -0.0211. The van der Waals surface area contributed by atoms with E-state index in [1.54, 1.807) is 14.2 Å². The second-order valence-electron chi connectivity index (χ2n) is 7.40. The molecule has 3 aromatic rings. The number of ether oxygens (including phenoxy) is 3. The van der Waals surface area contributed by atoms with Crippen molar-refractivity contribution in [3.8, 4) is 17.2 Å². The van der Waals surface area contributed by atoms with Crippen LogP contribution in [0.2, 0.25) is 0 Å². The highest BCUT2D eigenvalue weighted by atomic mass is 19.2. The number of para-hydroxylation sites is 1. The summed E-state index contributed by atoms with van der Waals surface area (Å²) in [6.07, 6.45) is -0.0876. The van der Waals surface area contributed by atoms with Crippen LogP contribution in [-0.2, 0) is 0 Å². The molecular formula is C24H20F2N2O3. The second-order valence-corrected chi connectivity index (χ2v) is 7.40. The maximum absolute atomic E-state index is 14.0. The van der Waals surface area contributed by atoms with Gasteiger partial charge in [-0.15, -0.1) is 0 Å². The summed E-state index contributed by atoms with van der Waals surface area (Å²) in [5.41, 5.74) is 3.24. The van der Waals surface area contributed by atoms with Crippen molar-refractivity contribution in [1.29, 1.82) is 0 Å². The van der Waals surface area contributed by atoms with E-state index in [0.717, 1.165) is 34.7 Å². The monoisotopic (exact) mass is 422 g/mol. The fourth-order valence-corrected chi connectivity index (χ4v) is 4.09. The highest BCUT2D eigenvalue weighted by Crippen LogP contribution is 2.50. The summed E-state index contributed by atoms with van der Waals surface area (Å²) in [6, 6.07) is 17.0. The standard InChI is InChI=1S/C24H20F2N2O3/c1-29-16-9-6-14(7-10-16)20-13-21-17-4-3-5-22(30-2)23(17)31-24(28(21)27-20)15-8-11-18(25)19(26)12-15/h3-12,21,24H,13H2,1-2H3/t21-,24-/m1/s1. The number of hydrogen-bond donors (Lipinski definition) is 0. The Bertz CT molecular complexity index is 1160. The van der Waals surface area contributed by atoms with E-state index in [9.17, 15) is 8.78 Å². The van der Waals surface area contributed by atoms with Gasteiger partial charge in [-0.1, -0.05) is 18.2 Å². The SMILES string of the molecule is COc1ccc(C2=NN3[C@H](C2)c2cccc(OC)c2O[C@@H]3c2ccc(F)c(F)c2)cc1. The molecule has 3 aromatic carbocycles. The van der Waals surface area contributed by atoms with Crippen LogP contribution in [0.15, 0.2) is 65.8 Å². The van der Waals surface area contributed by atoms with Gasteiger partial charge in [-0.2, -0.15) is 5.10 Å². The minimum absolute atomic E-state index is 0.130. The number of rotatable bonds is 4. The van der Waals surface area contributed by atoms with Crippen molar-refractivity contribution < 1.29 is 23.0 Å². The molecule has 0 aromatic heterocycles. The van der Waals surface area contributed by atoms with Crippen LogP contribution in [0.25, 0.3) is 0 Å². The molecule has 0 radical (unpaired) electrons. The van der Waals surface area contributed by atoms with Crippen molar-refractivity contribution >= 4 is 5.71 Å². The Kier molecular flexibility index (Phi) is 4.73. The molecule has 7 heteroatoms. The van der Waals surface area contributed by atoms with Crippen molar-refractivity contribution in [3.05, 3.63) is 89.0 Å². The van der Waals surface area contributed by atoms with Crippen LogP contribution in [-0.4, -0.2) is 24.9 Å². The van der Waals surface area contributed by atoms with Crippen molar-refractivity contribution in [3.63, 3.8) is 0 Å². The number of fused-ring (bicyclic) bond motifs is 3. The van der Waals surface area contributed by atoms with Gasteiger partial charge >= 0.3 is 0 Å². The number of benzene rings is 3. The zero-order chi connectivity index (χ0) is 21.5. The molecule has 2 atom stereocenters. The number of nitrogens with zero attached hydrogens (tertiary/aromatic N) is 2. The largest absolute Gasteiger partial charge is 0.497 e. The Morgan fingerprint density at radius 3 is 2.48 bits per heavy atom. The molecule has 0 unspecified atom stereocenters. The minimum Gasteiger partial charge on any atom is -0.497 e. The van der Waals surface area contributed by atoms with Gasteiger partial charge in [0.05, 0.1) is 26.0 Å². The second kappa shape index (κ2) is 7.58. The Morgan fingerprint density at radius 1 is 0.968 bits per heavy atom. The fourth-order valence-electron chi connectivity index (χ4n) is 4.09. The zero-order valence-corrected chi connectivity index (χ0v) is 17.0. The van der Waals surface area contributed by atoms with E-state index < -0.39 is 17.9 Å². The molecule has 2 heterocycles. The highest BCUT2D eigenvalue weighted by molar-refractivity contribution is 6.02. The normalized spacial score (nSPS) is 19.2. The Labute approximate surface area is 178 Å². The average Bonchev–Trinajstić information content (AvgIpc) is 3.26. The van der Waals surface area contributed by atoms with Crippen LogP contribution in [0.1, 0.15) is 35.4 Å². The summed E-state index contributed by atoms with van der Waals surface area (Å²) in [4.78, 5) is 0. The maximum Gasteiger partial charge on any atom is 0.214 e. The van der Waals surface area contributed by atoms with Gasteiger partial charge in [0.1, 0.15) is 5.75 Å². The van der Waals surface area contributed by atoms with Gasteiger partial charge in [-0.25, -0.2) is 13.8 Å². The summed E-state index contributed by atoms with van der Waals surface area (Å²) < 4.78 is 44.6. The van der Waals surface area contributed by atoms with Gasteiger partial charge in [0.2, 0.25) is 6.23 Å². The van der Waals surface area contributed by atoms with Crippen LogP contribution in [0.4, 0.5) is 8.78 Å². The molecule has 2 aliphatic heterocycles. The van der Waals surface area contributed by atoms with Gasteiger partial charge in [0.15, 0.2) is 23.1 Å². The fraction of sp³-hybridized carbons (Fsp3) is 0.208. The first-order valence-electron chi connectivity index (χ1n) is 9.88. The van der Waals surface area contributed by atoms with Crippen molar-refractivity contribution in [2.45, 2.75) is 18.7 Å². The molecular weight excluding hydrogens is 402 g/mol. The lowest BCUT2D eigenvalue weighted by Crippen LogP contribution is -2.34. The van der Waals surface area contributed by atoms with Gasteiger partial charge in [-0.05, 0) is 48.0 Å². The van der Waals surface area contributed by atoms with E-state index in [1.807, 2.05) is 47.5 Å². The first kappa shape index (κ1) is 19.4. The number of halogens is 2. The molecule has 2 aliphatic rings. The minimum atomic E-state index is -0.929. The summed E-state index contributed by atoms with van der Waals surface area (Å²) >= 11 is 0. The Balaban J connectivity index is 1.60. The van der Waals surface area contributed by atoms with Gasteiger partial charge < -0.3 is 14.2 Å². The third-order valence-electron chi connectivity index (χ3n) is 5.65. The van der Waals surface area contributed by atoms with E-state index in [-0.39, 0.29) is 6.04 Å². The Morgan fingerprint density at radius 2 is 1.77 bits per heavy atom. The first-order chi connectivity index (χ1) is 15.1. The van der Waals surface area contributed by atoms with Crippen LogP contribution in [0, 0.1) is 11.6 Å². The van der Waals surface area contributed by atoms with E-state index >= 15 is 0 Å². The maximum atomic E-state index is 14.0. The molecule has 5 nitrogen and oxygen atoms in total. The lowest BCUT2D eigenvalue weighted by atomic mass is 9.95. The molecule has 0 saturated heterocycles. The smallest absolute Gasteiger partial charge is 0.214 e. The molecule has 0 fully saturated rings. The number of hydrogen-bond acceptors (Lipinski definition) is 5. The predicted octanol–water partition coefficient (Wildman–Crippen LogP) is 5.22. The summed E-state index contributed by atoms with van der Waals surface area (Å²) in [5, 5.41) is 6.64. The quantitative estimate of drug-likeness (QED) is 0.578. The molecule has 0 bridgehead atoms. The van der Waals surface area contributed by atoms with Crippen LogP contribution in [0.5, 0.6) is 17.2 Å². The Hall–Kier alpha value is -3.61. The predicted molar refractivity (Wildman–Crippen MR) is 111 cm³/mol. The molecule has 31 heavy (non-hydrogen) atoms. The van der Waals surface area contributed by atoms with Crippen molar-refractivity contribution in [1.82, 2.24) is 5.01 Å². The van der Waals surface area contributed by atoms with Crippen LogP contribution in [0.3, 0.4) is 0 Å². The van der Waals surface area contributed by atoms with Crippen molar-refractivity contribution in [2.24, 2.45) is 5.10 Å². The molecule has 0 N–H and O–H groups in total. The lowest BCUT2D eigenvalue weighted by Gasteiger charge is -2.38. The summed E-state index contributed by atoms with van der Waals surface area (Å²) in [5.74, 6) is 0.105. The van der Waals surface area contributed by atoms with Crippen LogP contribution >= 0.6 is 0 Å². The van der Waals surface area contributed by atoms with Gasteiger partial charge in [-0.3, -0.25) is 0 Å². The summed E-state index contributed by atoms with van der Waals surface area (Å²) in [7, 11) is 3.20. The number of methoxy groups -OCH3 is 2. The third-order valence-corrected chi connectivity index (χ3v) is 5.65. The highest BCUT2D eigenvalue weighted by Gasteiger charge is 2.42. The van der Waals surface area contributed by atoms with Gasteiger partial charge in [0, 0.05) is 17.5 Å². The average molecular weight is 422 g/mol. The molecule has 0 saturated carbocycles. The van der Waals surface area contributed by atoms with E-state index in [2.05, 4.69) is 0 Å². The molecule has 158 valence electrons. The molecule has 5 rings (SSSR count). The first-order valence-corrected chi connectivity index (χ1v) is 9.88. The molecule has 0 spiro atoms. The molecule has 0 amide bonds. The van der Waals surface area contributed by atoms with Gasteiger partial charge in [0.25, 0.3) is 0 Å². The number of hydrazone groups is 1. The van der Waals surface area contributed by atoms with Crippen molar-refractivity contribution in [2.75, 3.05) is 14.2 Å². The van der Waals surface area contributed by atoms with Crippen LogP contribution < -0.4 is 14.2 Å². The zero-order valence-electron chi connectivity index (χ0n) is 17.0. The van der Waals surface area contributed by atoms with E-state index in [1.165, 1.54) is 6.07 Å².